The number of aromatic nitrogens is 1. The van der Waals surface area contributed by atoms with E-state index in [-0.39, 0.29) is 12.5 Å². The van der Waals surface area contributed by atoms with Gasteiger partial charge in [-0.25, -0.2) is 4.98 Å². The van der Waals surface area contributed by atoms with E-state index in [1.54, 1.807) is 19.2 Å². The first-order chi connectivity index (χ1) is 7.76. The number of carbonyl (C=O) groups excluding carboxylic acids is 1. The second-order valence-corrected chi connectivity index (χ2v) is 2.98. The molecule has 0 aliphatic rings. The van der Waals surface area contributed by atoms with E-state index in [1.165, 1.54) is 6.20 Å². The third-order valence-corrected chi connectivity index (χ3v) is 1.74. The van der Waals surface area contributed by atoms with Gasteiger partial charge in [-0.3, -0.25) is 4.79 Å². The smallest absolute Gasteiger partial charge is 0.238 e. The molecule has 0 fully saturated rings. The van der Waals surface area contributed by atoms with Crippen molar-refractivity contribution in [2.24, 2.45) is 5.73 Å². The van der Waals surface area contributed by atoms with Gasteiger partial charge < -0.3 is 20.5 Å². The Morgan fingerprint density at radius 3 is 2.88 bits per heavy atom. The highest BCUT2D eigenvalue weighted by molar-refractivity contribution is 5.91. The van der Waals surface area contributed by atoms with E-state index in [0.717, 1.165) is 0 Å². The molecule has 3 N–H and O–H groups in total. The van der Waals surface area contributed by atoms with Crippen LogP contribution in [0, 0.1) is 0 Å². The van der Waals surface area contributed by atoms with Crippen LogP contribution in [0.1, 0.15) is 0 Å². The van der Waals surface area contributed by atoms with Crippen molar-refractivity contribution in [1.82, 2.24) is 4.98 Å². The van der Waals surface area contributed by atoms with Crippen molar-refractivity contribution >= 4 is 11.6 Å². The molecule has 1 aromatic rings. The third-order valence-electron chi connectivity index (χ3n) is 1.74. The number of pyridine rings is 1. The molecule has 1 rings (SSSR count). The lowest BCUT2D eigenvalue weighted by atomic mass is 10.4. The van der Waals surface area contributed by atoms with Gasteiger partial charge in [0.15, 0.2) is 0 Å². The number of amides is 1. The Balaban J connectivity index is 2.44. The summed E-state index contributed by atoms with van der Waals surface area (Å²) >= 11 is 0. The SMILES string of the molecule is COCCOc1ccc(NC(=O)CN)cn1. The highest BCUT2D eigenvalue weighted by Gasteiger charge is 2.00. The molecule has 0 atom stereocenters. The van der Waals surface area contributed by atoms with Crippen molar-refractivity contribution < 1.29 is 14.3 Å². The second kappa shape index (κ2) is 6.76. The largest absolute Gasteiger partial charge is 0.475 e. The summed E-state index contributed by atoms with van der Waals surface area (Å²) in [5, 5.41) is 2.58. The lowest BCUT2D eigenvalue weighted by Crippen LogP contribution is -2.21. The minimum absolute atomic E-state index is 0.0495. The van der Waals surface area contributed by atoms with E-state index in [1.807, 2.05) is 0 Å². The summed E-state index contributed by atoms with van der Waals surface area (Å²) in [6.45, 7) is 0.900. The minimum atomic E-state index is -0.255. The summed E-state index contributed by atoms with van der Waals surface area (Å²) in [5.41, 5.74) is 5.75. The Morgan fingerprint density at radius 2 is 2.31 bits per heavy atom. The van der Waals surface area contributed by atoms with Crippen molar-refractivity contribution in [2.45, 2.75) is 0 Å². The maximum Gasteiger partial charge on any atom is 0.238 e. The number of anilines is 1. The van der Waals surface area contributed by atoms with Crippen LogP contribution in [0.4, 0.5) is 5.69 Å². The van der Waals surface area contributed by atoms with Gasteiger partial charge in [-0.1, -0.05) is 0 Å². The molecule has 0 bridgehead atoms. The van der Waals surface area contributed by atoms with Gasteiger partial charge in [-0.15, -0.1) is 0 Å². The second-order valence-electron chi connectivity index (χ2n) is 2.98. The van der Waals surface area contributed by atoms with Gasteiger partial charge in [0.1, 0.15) is 6.61 Å². The van der Waals surface area contributed by atoms with Gasteiger partial charge in [0.25, 0.3) is 0 Å². The van der Waals surface area contributed by atoms with Crippen molar-refractivity contribution in [2.75, 3.05) is 32.2 Å². The molecular weight excluding hydrogens is 210 g/mol. The number of ether oxygens (including phenoxy) is 2. The molecule has 0 saturated heterocycles. The highest BCUT2D eigenvalue weighted by Crippen LogP contribution is 2.11. The van der Waals surface area contributed by atoms with Crippen LogP contribution in [0.3, 0.4) is 0 Å². The molecule has 0 radical (unpaired) electrons. The normalized spacial score (nSPS) is 9.88. The van der Waals surface area contributed by atoms with Crippen molar-refractivity contribution in [3.05, 3.63) is 18.3 Å². The Hall–Kier alpha value is -1.66. The van der Waals surface area contributed by atoms with Crippen LogP contribution in [0.15, 0.2) is 18.3 Å². The zero-order chi connectivity index (χ0) is 11.8. The molecular formula is C10H15N3O3. The third kappa shape index (κ3) is 4.24. The molecule has 88 valence electrons. The van der Waals surface area contributed by atoms with Gasteiger partial charge in [0, 0.05) is 13.2 Å². The summed E-state index contributed by atoms with van der Waals surface area (Å²) in [6, 6.07) is 3.37. The molecule has 6 nitrogen and oxygen atoms in total. The molecule has 0 aromatic carbocycles. The predicted octanol–water partition coefficient (Wildman–Crippen LogP) is 0.00400. The van der Waals surface area contributed by atoms with Crippen molar-refractivity contribution in [1.29, 1.82) is 0 Å². The average molecular weight is 225 g/mol. The summed E-state index contributed by atoms with van der Waals surface area (Å²) < 4.78 is 10.1. The van der Waals surface area contributed by atoms with Crippen LogP contribution < -0.4 is 15.8 Å². The number of nitrogens with zero attached hydrogens (tertiary/aromatic N) is 1. The molecule has 1 aromatic heterocycles. The number of carbonyl (C=O) groups is 1. The number of nitrogens with one attached hydrogen (secondary N) is 1. The Labute approximate surface area is 93.8 Å². The fourth-order valence-electron chi connectivity index (χ4n) is 0.981. The van der Waals surface area contributed by atoms with E-state index < -0.39 is 0 Å². The number of methoxy groups -OCH3 is 1. The van der Waals surface area contributed by atoms with Crippen LogP contribution in [-0.2, 0) is 9.53 Å². The minimum Gasteiger partial charge on any atom is -0.475 e. The molecule has 0 spiro atoms. The van der Waals surface area contributed by atoms with Crippen LogP contribution in [0.2, 0.25) is 0 Å². The zero-order valence-electron chi connectivity index (χ0n) is 9.10. The van der Waals surface area contributed by atoms with E-state index in [2.05, 4.69) is 10.3 Å². The summed E-state index contributed by atoms with van der Waals surface area (Å²) in [6.07, 6.45) is 1.51. The molecule has 0 unspecified atom stereocenters. The van der Waals surface area contributed by atoms with Crippen LogP contribution in [-0.4, -0.2) is 37.8 Å². The predicted molar refractivity (Wildman–Crippen MR) is 59.3 cm³/mol. The van der Waals surface area contributed by atoms with Gasteiger partial charge in [0.05, 0.1) is 25.0 Å². The van der Waals surface area contributed by atoms with Gasteiger partial charge in [-0.2, -0.15) is 0 Å². The van der Waals surface area contributed by atoms with Crippen LogP contribution >= 0.6 is 0 Å². The standard InChI is InChI=1S/C10H15N3O3/c1-15-4-5-16-10-3-2-8(7-12-10)13-9(14)6-11/h2-3,7H,4-6,11H2,1H3,(H,13,14). The van der Waals surface area contributed by atoms with E-state index in [9.17, 15) is 4.79 Å². The fourth-order valence-corrected chi connectivity index (χ4v) is 0.981. The number of nitrogens with two attached hydrogens (primary N) is 1. The summed E-state index contributed by atoms with van der Waals surface area (Å²) in [5.74, 6) is 0.234. The Bertz CT molecular complexity index is 327. The molecule has 0 aliphatic heterocycles. The molecule has 6 heteroatoms. The lowest BCUT2D eigenvalue weighted by molar-refractivity contribution is -0.114. The fraction of sp³-hybridized carbons (Fsp3) is 0.400. The number of hydrogen-bond acceptors (Lipinski definition) is 5. The molecule has 0 saturated carbocycles. The van der Waals surface area contributed by atoms with Gasteiger partial charge >= 0.3 is 0 Å². The van der Waals surface area contributed by atoms with Crippen LogP contribution in [0.25, 0.3) is 0 Å². The van der Waals surface area contributed by atoms with E-state index in [0.29, 0.717) is 24.8 Å². The van der Waals surface area contributed by atoms with Crippen LogP contribution in [0.5, 0.6) is 5.88 Å². The first-order valence-electron chi connectivity index (χ1n) is 4.84. The molecule has 16 heavy (non-hydrogen) atoms. The maximum atomic E-state index is 11.0. The summed E-state index contributed by atoms with van der Waals surface area (Å²) in [4.78, 5) is 15.0. The van der Waals surface area contributed by atoms with Crippen molar-refractivity contribution in [3.8, 4) is 5.88 Å². The number of rotatable bonds is 6. The lowest BCUT2D eigenvalue weighted by Gasteiger charge is -2.06. The summed E-state index contributed by atoms with van der Waals surface area (Å²) in [7, 11) is 1.60. The first-order valence-corrected chi connectivity index (χ1v) is 4.84. The van der Waals surface area contributed by atoms with E-state index >= 15 is 0 Å². The Morgan fingerprint density at radius 1 is 1.50 bits per heavy atom. The topological polar surface area (TPSA) is 86.5 Å². The average Bonchev–Trinajstić information content (AvgIpc) is 2.31. The van der Waals surface area contributed by atoms with Crippen molar-refractivity contribution in [3.63, 3.8) is 0 Å². The monoisotopic (exact) mass is 225 g/mol. The first kappa shape index (κ1) is 12.4. The maximum absolute atomic E-state index is 11.0. The molecule has 0 aliphatic carbocycles. The zero-order valence-corrected chi connectivity index (χ0v) is 9.10. The number of hydrogen-bond donors (Lipinski definition) is 2. The molecule has 1 amide bonds. The van der Waals surface area contributed by atoms with Gasteiger partial charge in [-0.05, 0) is 6.07 Å². The van der Waals surface area contributed by atoms with Gasteiger partial charge in [0.2, 0.25) is 11.8 Å². The van der Waals surface area contributed by atoms with E-state index in [4.69, 9.17) is 15.2 Å². The Kier molecular flexibility index (Phi) is 5.24. The quantitative estimate of drug-likeness (QED) is 0.666. The molecule has 1 heterocycles. The highest BCUT2D eigenvalue weighted by atomic mass is 16.5.